The van der Waals surface area contributed by atoms with Gasteiger partial charge in [-0.3, -0.25) is 5.32 Å². The number of nitrogens with one attached hydrogen (secondary N) is 3. The van der Waals surface area contributed by atoms with Crippen molar-refractivity contribution in [1.82, 2.24) is 10.6 Å². The van der Waals surface area contributed by atoms with Crippen LogP contribution in [0.5, 0.6) is 11.5 Å². The number of carbonyl (C=O) groups is 3. The average molecular weight is 797 g/mol. The first-order valence-electron chi connectivity index (χ1n) is 20.0. The highest BCUT2D eigenvalue weighted by Crippen LogP contribution is 2.32. The molecule has 3 N–H and O–H groups in total. The van der Waals surface area contributed by atoms with E-state index in [2.05, 4.69) is 45.2 Å². The van der Waals surface area contributed by atoms with Crippen molar-refractivity contribution in [2.24, 2.45) is 4.99 Å². The minimum atomic E-state index is -0.690. The highest BCUT2D eigenvalue weighted by molar-refractivity contribution is 5.86. The SMILES string of the molecule is CCOC(=O)NC(CC)(CC)c1ccc(Cc2ccc(NC(=O)Oc3cccc(OC(=O)NC(CC)(CC)c4ccc(Cc5ccc(N=C=O)cc5)cc4)c3)cc2)cc1. The van der Waals surface area contributed by atoms with Gasteiger partial charge in [-0.25, -0.2) is 19.2 Å². The molecular formula is C48H52N4O7. The second-order valence-corrected chi connectivity index (χ2v) is 14.2. The molecule has 0 unspecified atom stereocenters. The lowest BCUT2D eigenvalue weighted by atomic mass is 9.84. The maximum atomic E-state index is 13.3. The number of carbonyl (C=O) groups excluding carboxylic acids is 4. The first kappa shape index (κ1) is 43.4. The summed E-state index contributed by atoms with van der Waals surface area (Å²) in [6.45, 7) is 10.2. The summed E-state index contributed by atoms with van der Waals surface area (Å²) >= 11 is 0. The summed E-state index contributed by atoms with van der Waals surface area (Å²) in [5.41, 5.74) is 6.26. The third-order valence-electron chi connectivity index (χ3n) is 10.7. The fraction of sp³-hybridized carbons (Fsp3) is 0.292. The van der Waals surface area contributed by atoms with E-state index in [4.69, 9.17) is 14.2 Å². The third-order valence-corrected chi connectivity index (χ3v) is 10.7. The molecule has 306 valence electrons. The molecule has 0 saturated heterocycles. The summed E-state index contributed by atoms with van der Waals surface area (Å²) in [4.78, 5) is 52.5. The van der Waals surface area contributed by atoms with E-state index in [0.717, 1.165) is 46.2 Å². The molecule has 5 rings (SSSR count). The van der Waals surface area contributed by atoms with Gasteiger partial charge in [0.25, 0.3) is 0 Å². The molecule has 3 amide bonds. The first-order chi connectivity index (χ1) is 28.6. The molecule has 11 nitrogen and oxygen atoms in total. The van der Waals surface area contributed by atoms with Crippen LogP contribution in [0.25, 0.3) is 0 Å². The lowest BCUT2D eigenvalue weighted by Gasteiger charge is -2.33. The fourth-order valence-electron chi connectivity index (χ4n) is 7.16. The summed E-state index contributed by atoms with van der Waals surface area (Å²) in [5.74, 6) is 0.427. The molecule has 11 heteroatoms. The van der Waals surface area contributed by atoms with E-state index in [9.17, 15) is 19.2 Å². The second kappa shape index (κ2) is 20.6. The Hall–Kier alpha value is -6.71. The zero-order chi connectivity index (χ0) is 42.3. The molecule has 0 bridgehead atoms. The second-order valence-electron chi connectivity index (χ2n) is 14.2. The van der Waals surface area contributed by atoms with Crippen molar-refractivity contribution >= 4 is 35.7 Å². The number of isocyanates is 1. The van der Waals surface area contributed by atoms with Crippen LogP contribution in [0, 0.1) is 0 Å². The van der Waals surface area contributed by atoms with Gasteiger partial charge in [0.05, 0.1) is 23.4 Å². The van der Waals surface area contributed by atoms with Crippen molar-refractivity contribution in [3.63, 3.8) is 0 Å². The standard InChI is InChI=1S/C48H52N4O7/c1-6-47(7-2,51-45(55)57-10-5)38-22-14-35(15-23-38)31-37-20-28-41(29-21-37)50-44(54)58-42-12-11-13-43(32-42)59-46(56)52-48(8-3,9-4)39-24-16-34(17-25-39)30-36-18-26-40(27-19-36)49-33-53/h11-29,32H,6-10,30-31H2,1-5H3,(H,50,54)(H,51,55)(H,52,56). The van der Waals surface area contributed by atoms with E-state index < -0.39 is 29.4 Å². The molecule has 0 aliphatic rings. The van der Waals surface area contributed by atoms with Crippen LogP contribution in [-0.4, -0.2) is 31.0 Å². The van der Waals surface area contributed by atoms with E-state index in [1.807, 2.05) is 88.4 Å². The van der Waals surface area contributed by atoms with Crippen molar-refractivity contribution in [2.45, 2.75) is 84.2 Å². The summed E-state index contributed by atoms with van der Waals surface area (Å²) < 4.78 is 16.3. The monoisotopic (exact) mass is 796 g/mol. The number of nitrogens with zero attached hydrogens (tertiary/aromatic N) is 1. The lowest BCUT2D eigenvalue weighted by molar-refractivity contribution is 0.135. The predicted molar refractivity (Wildman–Crippen MR) is 229 cm³/mol. The summed E-state index contributed by atoms with van der Waals surface area (Å²) in [6.07, 6.45) is 3.91. The topological polar surface area (TPSA) is 144 Å². The van der Waals surface area contributed by atoms with Crippen LogP contribution in [-0.2, 0) is 33.5 Å². The molecule has 5 aromatic carbocycles. The largest absolute Gasteiger partial charge is 0.450 e. The molecule has 0 heterocycles. The van der Waals surface area contributed by atoms with Crippen LogP contribution in [0.4, 0.5) is 25.8 Å². The summed E-state index contributed by atoms with van der Waals surface area (Å²) in [6, 6.07) is 37.6. The fourth-order valence-corrected chi connectivity index (χ4v) is 7.16. The van der Waals surface area contributed by atoms with Crippen LogP contribution in [0.3, 0.4) is 0 Å². The zero-order valence-electron chi connectivity index (χ0n) is 34.3. The molecule has 0 radical (unpaired) electrons. The smallest absolute Gasteiger partial charge is 0.417 e. The molecule has 5 aromatic rings. The quantitative estimate of drug-likeness (QED) is 0.0627. The number of benzene rings is 5. The van der Waals surface area contributed by atoms with E-state index >= 15 is 0 Å². The van der Waals surface area contributed by atoms with Crippen LogP contribution < -0.4 is 25.4 Å². The molecule has 0 fully saturated rings. The number of alkyl carbamates (subject to hydrolysis) is 1. The molecule has 0 spiro atoms. The van der Waals surface area contributed by atoms with Crippen molar-refractivity contribution in [3.05, 3.63) is 155 Å². The maximum Gasteiger partial charge on any atom is 0.417 e. The Bertz CT molecular complexity index is 2210. The Labute approximate surface area is 346 Å². The maximum absolute atomic E-state index is 13.3. The molecule has 0 aromatic heterocycles. The van der Waals surface area contributed by atoms with E-state index in [1.165, 1.54) is 6.07 Å². The van der Waals surface area contributed by atoms with Crippen LogP contribution in [0.1, 0.15) is 93.7 Å². The molecule has 0 aliphatic heterocycles. The number of hydrogen-bond donors (Lipinski definition) is 3. The van der Waals surface area contributed by atoms with Crippen LogP contribution in [0.15, 0.2) is 126 Å². The van der Waals surface area contributed by atoms with Gasteiger partial charge in [0.1, 0.15) is 11.5 Å². The van der Waals surface area contributed by atoms with Crippen molar-refractivity contribution in [1.29, 1.82) is 0 Å². The number of rotatable bonds is 17. The Balaban J connectivity index is 1.13. The molecule has 0 aliphatic carbocycles. The van der Waals surface area contributed by atoms with Gasteiger partial charge in [0, 0.05) is 11.8 Å². The highest BCUT2D eigenvalue weighted by Gasteiger charge is 2.32. The van der Waals surface area contributed by atoms with Crippen molar-refractivity contribution in [3.8, 4) is 11.5 Å². The third kappa shape index (κ3) is 11.7. The number of amides is 3. The highest BCUT2D eigenvalue weighted by atomic mass is 16.6. The predicted octanol–water partition coefficient (Wildman–Crippen LogP) is 11.0. The molecule has 0 atom stereocenters. The normalized spacial score (nSPS) is 11.1. The molecular weight excluding hydrogens is 745 g/mol. The van der Waals surface area contributed by atoms with E-state index in [1.54, 1.807) is 43.3 Å². The van der Waals surface area contributed by atoms with Gasteiger partial charge in [-0.2, -0.15) is 4.99 Å². The summed E-state index contributed by atoms with van der Waals surface area (Å²) in [7, 11) is 0. The molecule has 0 saturated carbocycles. The zero-order valence-corrected chi connectivity index (χ0v) is 34.3. The Morgan fingerprint density at radius 1 is 0.559 bits per heavy atom. The van der Waals surface area contributed by atoms with E-state index in [-0.39, 0.29) is 11.5 Å². The summed E-state index contributed by atoms with van der Waals surface area (Å²) in [5, 5.41) is 8.88. The van der Waals surface area contributed by atoms with Crippen molar-refractivity contribution in [2.75, 3.05) is 11.9 Å². The lowest BCUT2D eigenvalue weighted by Crippen LogP contribution is -2.46. The van der Waals surface area contributed by atoms with Crippen LogP contribution in [0.2, 0.25) is 0 Å². The molecule has 59 heavy (non-hydrogen) atoms. The first-order valence-corrected chi connectivity index (χ1v) is 20.0. The van der Waals surface area contributed by atoms with Gasteiger partial charge in [0.2, 0.25) is 6.08 Å². The van der Waals surface area contributed by atoms with Crippen LogP contribution >= 0.6 is 0 Å². The number of aliphatic imine (C=N–C) groups is 1. The Morgan fingerprint density at radius 3 is 1.42 bits per heavy atom. The van der Waals surface area contributed by atoms with Gasteiger partial charge < -0.3 is 24.8 Å². The van der Waals surface area contributed by atoms with Gasteiger partial charge in [-0.1, -0.05) is 107 Å². The van der Waals surface area contributed by atoms with E-state index in [0.29, 0.717) is 43.7 Å². The minimum Gasteiger partial charge on any atom is -0.450 e. The number of hydrogen-bond acceptors (Lipinski definition) is 8. The van der Waals surface area contributed by atoms with Crippen molar-refractivity contribution < 1.29 is 33.4 Å². The van der Waals surface area contributed by atoms with Gasteiger partial charge in [0.15, 0.2) is 0 Å². The minimum absolute atomic E-state index is 0.208. The number of ether oxygens (including phenoxy) is 3. The van der Waals surface area contributed by atoms with Gasteiger partial charge in [-0.05, 0) is 115 Å². The Kier molecular flexibility index (Phi) is 15.2. The van der Waals surface area contributed by atoms with Gasteiger partial charge >= 0.3 is 18.3 Å². The Morgan fingerprint density at radius 2 is 0.983 bits per heavy atom. The number of anilines is 1. The average Bonchev–Trinajstić information content (AvgIpc) is 3.24. The van der Waals surface area contributed by atoms with Gasteiger partial charge in [-0.15, -0.1) is 0 Å².